The maximum atomic E-state index is 12.8. The van der Waals surface area contributed by atoms with Crippen molar-refractivity contribution in [2.45, 2.75) is 19.5 Å². The van der Waals surface area contributed by atoms with Gasteiger partial charge in [-0.25, -0.2) is 0 Å². The molecule has 1 aliphatic heterocycles. The molecular weight excluding hydrogens is 323 g/mol. The van der Waals surface area contributed by atoms with Gasteiger partial charge in [-0.1, -0.05) is 22.9 Å². The zero-order valence-corrected chi connectivity index (χ0v) is 11.9. The first-order valence-corrected chi connectivity index (χ1v) is 6.72. The third kappa shape index (κ3) is 3.29. The van der Waals surface area contributed by atoms with Crippen molar-refractivity contribution in [1.82, 2.24) is 0 Å². The number of rotatable bonds is 1. The van der Waals surface area contributed by atoms with E-state index in [1.54, 1.807) is 13.0 Å². The molecule has 1 heterocycles. The molecule has 1 aromatic carbocycles. The molecule has 1 atom stereocenters. The molecule has 104 valence electrons. The van der Waals surface area contributed by atoms with Crippen LogP contribution in [-0.2, 0) is 11.0 Å². The second kappa shape index (κ2) is 5.15. The quantitative estimate of drug-likeness (QED) is 0.776. The van der Waals surface area contributed by atoms with Crippen LogP contribution in [0.25, 0.3) is 0 Å². The van der Waals surface area contributed by atoms with Crippen molar-refractivity contribution in [1.29, 1.82) is 0 Å². The Labute approximate surface area is 117 Å². The number of nitrogens with zero attached hydrogens (tertiary/aromatic N) is 1. The van der Waals surface area contributed by atoms with Gasteiger partial charge < -0.3 is 4.90 Å². The van der Waals surface area contributed by atoms with Crippen molar-refractivity contribution in [3.05, 3.63) is 28.2 Å². The SMILES string of the molecule is CC1CN(c2cc(Br)cc(C(F)(F)F)c2)CCC1=O. The third-order valence-corrected chi connectivity index (χ3v) is 3.70. The topological polar surface area (TPSA) is 20.3 Å². The molecule has 1 aliphatic rings. The Balaban J connectivity index is 2.30. The number of Topliss-reactive ketones (excluding diaryl/α,β-unsaturated/α-hetero) is 1. The predicted molar refractivity (Wildman–Crippen MR) is 70.1 cm³/mol. The van der Waals surface area contributed by atoms with Crippen LogP contribution in [0.1, 0.15) is 18.9 Å². The summed E-state index contributed by atoms with van der Waals surface area (Å²) >= 11 is 3.11. The number of benzene rings is 1. The normalized spacial score (nSPS) is 20.8. The minimum absolute atomic E-state index is 0.137. The Morgan fingerprint density at radius 3 is 2.58 bits per heavy atom. The fraction of sp³-hybridized carbons (Fsp3) is 0.462. The molecule has 19 heavy (non-hydrogen) atoms. The summed E-state index contributed by atoms with van der Waals surface area (Å²) < 4.78 is 38.7. The summed E-state index contributed by atoms with van der Waals surface area (Å²) in [7, 11) is 0. The molecule has 1 fully saturated rings. The van der Waals surface area contributed by atoms with E-state index in [1.165, 1.54) is 0 Å². The molecule has 0 aromatic heterocycles. The van der Waals surface area contributed by atoms with E-state index >= 15 is 0 Å². The zero-order valence-electron chi connectivity index (χ0n) is 10.3. The van der Waals surface area contributed by atoms with Gasteiger partial charge in [-0.05, 0) is 18.2 Å². The molecule has 0 saturated carbocycles. The van der Waals surface area contributed by atoms with E-state index in [1.807, 2.05) is 4.90 Å². The van der Waals surface area contributed by atoms with Gasteiger partial charge in [0, 0.05) is 35.6 Å². The summed E-state index contributed by atoms with van der Waals surface area (Å²) in [5.74, 6) is 0.0318. The van der Waals surface area contributed by atoms with E-state index in [0.717, 1.165) is 12.1 Å². The van der Waals surface area contributed by atoms with E-state index in [0.29, 0.717) is 29.7 Å². The van der Waals surface area contributed by atoms with Crippen LogP contribution in [-0.4, -0.2) is 18.9 Å². The highest BCUT2D eigenvalue weighted by Gasteiger charge is 2.32. The van der Waals surface area contributed by atoms with Crippen molar-refractivity contribution < 1.29 is 18.0 Å². The van der Waals surface area contributed by atoms with Crippen LogP contribution in [0.5, 0.6) is 0 Å². The number of halogens is 4. The Hall–Kier alpha value is -1.04. The van der Waals surface area contributed by atoms with E-state index < -0.39 is 11.7 Å². The molecule has 1 unspecified atom stereocenters. The summed E-state index contributed by atoms with van der Waals surface area (Å²) in [5.41, 5.74) is -0.178. The van der Waals surface area contributed by atoms with Gasteiger partial charge in [0.15, 0.2) is 0 Å². The highest BCUT2D eigenvalue weighted by molar-refractivity contribution is 9.10. The van der Waals surface area contributed by atoms with Gasteiger partial charge in [-0.3, -0.25) is 4.79 Å². The lowest BCUT2D eigenvalue weighted by Crippen LogP contribution is -2.39. The van der Waals surface area contributed by atoms with Crippen molar-refractivity contribution in [2.75, 3.05) is 18.0 Å². The van der Waals surface area contributed by atoms with Crippen molar-refractivity contribution >= 4 is 27.4 Å². The van der Waals surface area contributed by atoms with Gasteiger partial charge in [0.1, 0.15) is 5.78 Å². The van der Waals surface area contributed by atoms with E-state index in [9.17, 15) is 18.0 Å². The predicted octanol–water partition coefficient (Wildman–Crippen LogP) is 3.88. The Bertz CT molecular complexity index is 501. The van der Waals surface area contributed by atoms with Crippen LogP contribution in [0.3, 0.4) is 0 Å². The summed E-state index contributed by atoms with van der Waals surface area (Å²) in [4.78, 5) is 13.3. The number of hydrogen-bond acceptors (Lipinski definition) is 2. The van der Waals surface area contributed by atoms with Crippen molar-refractivity contribution in [2.24, 2.45) is 5.92 Å². The van der Waals surface area contributed by atoms with Crippen molar-refractivity contribution in [3.63, 3.8) is 0 Å². The van der Waals surface area contributed by atoms with Gasteiger partial charge in [0.25, 0.3) is 0 Å². The molecule has 0 amide bonds. The number of ketones is 1. The molecule has 0 radical (unpaired) electrons. The van der Waals surface area contributed by atoms with E-state index in [-0.39, 0.29) is 11.7 Å². The van der Waals surface area contributed by atoms with Gasteiger partial charge >= 0.3 is 6.18 Å². The molecule has 2 nitrogen and oxygen atoms in total. The first kappa shape index (κ1) is 14.4. The van der Waals surface area contributed by atoms with Crippen molar-refractivity contribution in [3.8, 4) is 0 Å². The molecule has 2 rings (SSSR count). The Morgan fingerprint density at radius 1 is 1.32 bits per heavy atom. The van der Waals surface area contributed by atoms with E-state index in [2.05, 4.69) is 15.9 Å². The Kier molecular flexibility index (Phi) is 3.90. The molecule has 1 aromatic rings. The molecule has 0 aliphatic carbocycles. The molecular formula is C13H13BrF3NO. The third-order valence-electron chi connectivity index (χ3n) is 3.25. The van der Waals surface area contributed by atoms with Gasteiger partial charge in [-0.15, -0.1) is 0 Å². The minimum atomic E-state index is -4.37. The van der Waals surface area contributed by atoms with Crippen LogP contribution < -0.4 is 4.90 Å². The molecule has 0 spiro atoms. The fourth-order valence-corrected chi connectivity index (χ4v) is 2.65. The van der Waals surface area contributed by atoms with Gasteiger partial charge in [0.2, 0.25) is 0 Å². The van der Waals surface area contributed by atoms with Crippen LogP contribution in [0.15, 0.2) is 22.7 Å². The highest BCUT2D eigenvalue weighted by Crippen LogP contribution is 2.35. The molecule has 0 bridgehead atoms. The largest absolute Gasteiger partial charge is 0.416 e. The average molecular weight is 336 g/mol. The number of alkyl halides is 3. The van der Waals surface area contributed by atoms with Gasteiger partial charge in [0.05, 0.1) is 5.56 Å². The fourth-order valence-electron chi connectivity index (χ4n) is 2.17. The standard InChI is InChI=1S/C13H13BrF3NO/c1-8-7-18(3-2-12(8)19)11-5-9(13(15,16)17)4-10(14)6-11/h4-6,8H,2-3,7H2,1H3. The Morgan fingerprint density at radius 2 is 2.00 bits per heavy atom. The number of anilines is 1. The van der Waals surface area contributed by atoms with Crippen LogP contribution in [0.2, 0.25) is 0 Å². The second-order valence-corrected chi connectivity index (χ2v) is 5.67. The first-order valence-electron chi connectivity index (χ1n) is 5.93. The minimum Gasteiger partial charge on any atom is -0.370 e. The maximum absolute atomic E-state index is 12.8. The zero-order chi connectivity index (χ0) is 14.2. The number of carbonyl (C=O) groups excluding carboxylic acids is 1. The monoisotopic (exact) mass is 335 g/mol. The van der Waals surface area contributed by atoms with Crippen LogP contribution in [0, 0.1) is 5.92 Å². The number of piperidine rings is 1. The average Bonchev–Trinajstić information content (AvgIpc) is 2.31. The lowest BCUT2D eigenvalue weighted by Gasteiger charge is -2.32. The summed E-state index contributed by atoms with van der Waals surface area (Å²) in [6, 6.07) is 3.84. The van der Waals surface area contributed by atoms with Gasteiger partial charge in [-0.2, -0.15) is 13.2 Å². The first-order chi connectivity index (χ1) is 8.77. The second-order valence-electron chi connectivity index (χ2n) is 4.76. The lowest BCUT2D eigenvalue weighted by molar-refractivity contribution is -0.137. The summed E-state index contributed by atoms with van der Waals surface area (Å²) in [6.45, 7) is 2.74. The maximum Gasteiger partial charge on any atom is 0.416 e. The molecule has 0 N–H and O–H groups in total. The number of carbonyl (C=O) groups is 1. The molecule has 6 heteroatoms. The summed E-state index contributed by atoms with van der Waals surface area (Å²) in [5, 5.41) is 0. The summed E-state index contributed by atoms with van der Waals surface area (Å²) in [6.07, 6.45) is -3.98. The number of hydrogen-bond donors (Lipinski definition) is 0. The smallest absolute Gasteiger partial charge is 0.370 e. The van der Waals surface area contributed by atoms with Crippen LogP contribution >= 0.6 is 15.9 Å². The lowest BCUT2D eigenvalue weighted by atomic mass is 9.98. The highest BCUT2D eigenvalue weighted by atomic mass is 79.9. The van der Waals surface area contributed by atoms with E-state index in [4.69, 9.17) is 0 Å². The van der Waals surface area contributed by atoms with Crippen LogP contribution in [0.4, 0.5) is 18.9 Å². The molecule has 1 saturated heterocycles.